The van der Waals surface area contributed by atoms with Crippen LogP contribution in [-0.2, 0) is 11.2 Å². The summed E-state index contributed by atoms with van der Waals surface area (Å²) in [6.45, 7) is 1.10. The molecule has 0 aliphatic carbocycles. The lowest BCUT2D eigenvalue weighted by Crippen LogP contribution is -2.29. The maximum atomic E-state index is 15.3. The Balaban J connectivity index is 1.45. The number of aryl methyl sites for hydroxylation is 1. The van der Waals surface area contributed by atoms with E-state index in [0.29, 0.717) is 59.8 Å². The fourth-order valence-electron chi connectivity index (χ4n) is 4.97. The van der Waals surface area contributed by atoms with Crippen molar-refractivity contribution in [2.45, 2.75) is 38.0 Å². The van der Waals surface area contributed by atoms with E-state index in [0.717, 1.165) is 12.0 Å². The first-order chi connectivity index (χ1) is 18.4. The van der Waals surface area contributed by atoms with Gasteiger partial charge >= 0.3 is 5.97 Å². The molecule has 1 aromatic heterocycles. The van der Waals surface area contributed by atoms with Gasteiger partial charge in [0.05, 0.1) is 28.0 Å². The van der Waals surface area contributed by atoms with Crippen LogP contribution in [0.5, 0.6) is 0 Å². The Morgan fingerprint density at radius 2 is 1.74 bits per heavy atom. The monoisotopic (exact) mass is 531 g/mol. The number of likely N-dealkylation sites (tertiary alicyclic amines) is 1. The highest BCUT2D eigenvalue weighted by Gasteiger charge is 2.29. The molecule has 38 heavy (non-hydrogen) atoms. The van der Waals surface area contributed by atoms with Gasteiger partial charge in [-0.3, -0.25) is 9.59 Å². The first kappa shape index (κ1) is 25.8. The number of carbonyl (C=O) groups excluding carboxylic acids is 1. The van der Waals surface area contributed by atoms with Crippen LogP contribution in [0.3, 0.4) is 0 Å². The predicted molar refractivity (Wildman–Crippen MR) is 145 cm³/mol. The number of benzene rings is 3. The summed E-state index contributed by atoms with van der Waals surface area (Å²) in [4.78, 5) is 35.5. The van der Waals surface area contributed by atoms with Crippen LogP contribution in [0, 0.1) is 5.82 Å². The predicted octanol–water partition coefficient (Wildman–Crippen LogP) is 6.52. The van der Waals surface area contributed by atoms with Gasteiger partial charge in [-0.05, 0) is 49.4 Å². The van der Waals surface area contributed by atoms with Gasteiger partial charge in [0.15, 0.2) is 0 Å². The fraction of sp³-hybridized carbons (Fsp3) is 0.267. The molecule has 194 valence electrons. The number of carbonyl (C=O) groups is 2. The van der Waals surface area contributed by atoms with E-state index in [4.69, 9.17) is 26.7 Å². The number of aromatic nitrogens is 2. The van der Waals surface area contributed by atoms with E-state index in [1.807, 2.05) is 30.3 Å². The standard InChI is InChI=1S/C30H27ClFN3O3/c31-22-12-10-20(11-13-22)29-25(8-4-5-9-28(36)37)33-26-16-23(24(32)17-27(26)34-29)30(38)35-15-14-21(18-35)19-6-2-1-3-7-19/h1-3,6-7,10-13,16-17,21H,4-5,8-9,14-15,18H2,(H,36,37)/t21-/m1/s1. The van der Waals surface area contributed by atoms with Crippen LogP contribution in [0.2, 0.25) is 5.02 Å². The van der Waals surface area contributed by atoms with Crippen molar-refractivity contribution in [1.29, 1.82) is 0 Å². The molecule has 6 nitrogen and oxygen atoms in total. The SMILES string of the molecule is O=C(O)CCCCc1nc2cc(C(=O)N3CC[C@@H](c4ccccc4)C3)c(F)cc2nc1-c1ccc(Cl)cc1. The third kappa shape index (κ3) is 5.68. The topological polar surface area (TPSA) is 83.4 Å². The molecular weight excluding hydrogens is 505 g/mol. The number of aliphatic carboxylic acids is 1. The Hall–Kier alpha value is -3.84. The number of hydrogen-bond acceptors (Lipinski definition) is 4. The quantitative estimate of drug-likeness (QED) is 0.262. The van der Waals surface area contributed by atoms with E-state index in [1.165, 1.54) is 17.7 Å². The van der Waals surface area contributed by atoms with Gasteiger partial charge in [-0.25, -0.2) is 14.4 Å². The molecule has 8 heteroatoms. The molecule has 1 aliphatic heterocycles. The van der Waals surface area contributed by atoms with Crippen molar-refractivity contribution in [1.82, 2.24) is 14.9 Å². The Morgan fingerprint density at radius 1 is 1.00 bits per heavy atom. The van der Waals surface area contributed by atoms with Crippen molar-refractivity contribution >= 4 is 34.5 Å². The van der Waals surface area contributed by atoms with Crippen LogP contribution in [0.1, 0.15) is 53.2 Å². The van der Waals surface area contributed by atoms with Gasteiger partial charge in [-0.15, -0.1) is 0 Å². The summed E-state index contributed by atoms with van der Waals surface area (Å²) in [6.07, 6.45) is 2.50. The molecule has 0 radical (unpaired) electrons. The van der Waals surface area contributed by atoms with E-state index in [-0.39, 0.29) is 23.8 Å². The zero-order chi connectivity index (χ0) is 26.6. The highest BCUT2D eigenvalue weighted by Crippen LogP contribution is 2.30. The third-order valence-electron chi connectivity index (χ3n) is 6.97. The second kappa shape index (κ2) is 11.3. The van der Waals surface area contributed by atoms with Gasteiger partial charge in [0.25, 0.3) is 5.91 Å². The van der Waals surface area contributed by atoms with Crippen molar-refractivity contribution < 1.29 is 19.1 Å². The van der Waals surface area contributed by atoms with Crippen molar-refractivity contribution in [3.63, 3.8) is 0 Å². The van der Waals surface area contributed by atoms with Gasteiger partial charge in [-0.2, -0.15) is 0 Å². The molecule has 2 heterocycles. The maximum absolute atomic E-state index is 15.3. The van der Waals surface area contributed by atoms with Gasteiger partial charge in [0.1, 0.15) is 5.82 Å². The Labute approximate surface area is 225 Å². The number of carboxylic acid groups (broad SMARTS) is 1. The molecule has 1 atom stereocenters. The second-order valence-corrected chi connectivity index (χ2v) is 10.0. The van der Waals surface area contributed by atoms with Crippen molar-refractivity contribution in [3.05, 3.63) is 94.4 Å². The largest absolute Gasteiger partial charge is 0.481 e. The fourth-order valence-corrected chi connectivity index (χ4v) is 5.10. The summed E-state index contributed by atoms with van der Waals surface area (Å²) >= 11 is 6.05. The summed E-state index contributed by atoms with van der Waals surface area (Å²) in [7, 11) is 0. The molecule has 1 saturated heterocycles. The second-order valence-electron chi connectivity index (χ2n) is 9.59. The van der Waals surface area contributed by atoms with Gasteiger partial charge in [0, 0.05) is 42.1 Å². The van der Waals surface area contributed by atoms with Crippen molar-refractivity contribution in [2.75, 3.05) is 13.1 Å². The van der Waals surface area contributed by atoms with Crippen molar-refractivity contribution in [3.8, 4) is 11.3 Å². The van der Waals surface area contributed by atoms with Crippen LogP contribution < -0.4 is 0 Å². The molecule has 5 rings (SSSR count). The molecule has 0 spiro atoms. The minimum Gasteiger partial charge on any atom is -0.481 e. The summed E-state index contributed by atoms with van der Waals surface area (Å²) in [5.74, 6) is -1.60. The summed E-state index contributed by atoms with van der Waals surface area (Å²) in [5, 5.41) is 9.56. The average Bonchev–Trinajstić information content (AvgIpc) is 3.41. The molecule has 1 aliphatic rings. The van der Waals surface area contributed by atoms with Crippen LogP contribution in [0.15, 0.2) is 66.7 Å². The minimum atomic E-state index is -0.845. The smallest absolute Gasteiger partial charge is 0.303 e. The molecule has 0 saturated carbocycles. The summed E-state index contributed by atoms with van der Waals surface area (Å²) < 4.78 is 15.3. The average molecular weight is 532 g/mol. The number of nitrogens with zero attached hydrogens (tertiary/aromatic N) is 3. The van der Waals surface area contributed by atoms with Gasteiger partial charge in [0.2, 0.25) is 0 Å². The molecular formula is C30H27ClFN3O3. The lowest BCUT2D eigenvalue weighted by atomic mass is 9.99. The number of amides is 1. The number of halogens is 2. The molecule has 4 aromatic rings. The number of fused-ring (bicyclic) bond motifs is 1. The van der Waals surface area contributed by atoms with E-state index in [9.17, 15) is 9.59 Å². The zero-order valence-electron chi connectivity index (χ0n) is 20.7. The molecule has 1 N–H and O–H groups in total. The Morgan fingerprint density at radius 3 is 2.47 bits per heavy atom. The maximum Gasteiger partial charge on any atom is 0.303 e. The highest BCUT2D eigenvalue weighted by atomic mass is 35.5. The van der Waals surface area contributed by atoms with Gasteiger partial charge < -0.3 is 10.0 Å². The first-order valence-electron chi connectivity index (χ1n) is 12.7. The highest BCUT2D eigenvalue weighted by molar-refractivity contribution is 6.30. The lowest BCUT2D eigenvalue weighted by Gasteiger charge is -2.18. The van der Waals surface area contributed by atoms with Crippen LogP contribution in [0.25, 0.3) is 22.3 Å². The van der Waals surface area contributed by atoms with Crippen LogP contribution in [-0.4, -0.2) is 44.9 Å². The van der Waals surface area contributed by atoms with E-state index < -0.39 is 11.8 Å². The molecule has 0 unspecified atom stereocenters. The molecule has 0 bridgehead atoms. The molecule has 1 fully saturated rings. The van der Waals surface area contributed by atoms with E-state index in [1.54, 1.807) is 17.0 Å². The zero-order valence-corrected chi connectivity index (χ0v) is 21.5. The van der Waals surface area contributed by atoms with Gasteiger partial charge in [-0.1, -0.05) is 54.1 Å². The Bertz CT molecular complexity index is 1480. The first-order valence-corrected chi connectivity index (χ1v) is 13.1. The van der Waals surface area contributed by atoms with Crippen LogP contribution in [0.4, 0.5) is 4.39 Å². The lowest BCUT2D eigenvalue weighted by molar-refractivity contribution is -0.137. The number of rotatable bonds is 8. The minimum absolute atomic E-state index is 0.0171. The number of unbranched alkanes of at least 4 members (excludes halogenated alkanes) is 1. The van der Waals surface area contributed by atoms with E-state index in [2.05, 4.69) is 12.1 Å². The van der Waals surface area contributed by atoms with E-state index >= 15 is 4.39 Å². The summed E-state index contributed by atoms with van der Waals surface area (Å²) in [5.41, 5.74) is 3.98. The normalized spacial score (nSPS) is 15.2. The Kier molecular flexibility index (Phi) is 7.65. The number of hydrogen-bond donors (Lipinski definition) is 1. The summed E-state index contributed by atoms with van der Waals surface area (Å²) in [6, 6.07) is 20.0. The third-order valence-corrected chi connectivity index (χ3v) is 7.23. The van der Waals surface area contributed by atoms with Crippen LogP contribution >= 0.6 is 11.6 Å². The molecule has 3 aromatic carbocycles. The van der Waals surface area contributed by atoms with Crippen molar-refractivity contribution in [2.24, 2.45) is 0 Å². The number of carboxylic acids is 1. The molecule has 1 amide bonds.